The van der Waals surface area contributed by atoms with Crippen molar-refractivity contribution in [2.45, 2.75) is 19.3 Å². The number of anilines is 1. The van der Waals surface area contributed by atoms with Crippen molar-refractivity contribution in [3.05, 3.63) is 17.5 Å². The lowest BCUT2D eigenvalue weighted by molar-refractivity contribution is -0.137. The Balaban J connectivity index is 1.63. The minimum Gasteiger partial charge on any atom is -0.481 e. The molecule has 18 heavy (non-hydrogen) atoms. The maximum atomic E-state index is 10.4. The molecule has 0 spiro atoms. The molecule has 1 aliphatic heterocycles. The number of piperazine rings is 1. The van der Waals surface area contributed by atoms with Gasteiger partial charge >= 0.3 is 5.97 Å². The molecule has 1 aromatic rings. The molecule has 0 saturated carbocycles. The van der Waals surface area contributed by atoms with Crippen LogP contribution in [-0.2, 0) is 4.79 Å². The summed E-state index contributed by atoms with van der Waals surface area (Å²) in [5.74, 6) is -0.683. The Labute approximate surface area is 112 Å². The van der Waals surface area contributed by atoms with Gasteiger partial charge in [-0.1, -0.05) is 0 Å². The molecule has 5 heteroatoms. The Morgan fingerprint density at radius 1 is 1.28 bits per heavy atom. The zero-order chi connectivity index (χ0) is 12.8. The van der Waals surface area contributed by atoms with Crippen LogP contribution in [0, 0.1) is 0 Å². The van der Waals surface area contributed by atoms with Crippen LogP contribution in [0.4, 0.5) is 5.00 Å². The maximum absolute atomic E-state index is 10.4. The highest BCUT2D eigenvalue weighted by Crippen LogP contribution is 2.22. The number of carbonyl (C=O) groups is 1. The number of rotatable bonds is 6. The molecule has 2 heterocycles. The van der Waals surface area contributed by atoms with Crippen molar-refractivity contribution in [2.75, 3.05) is 37.6 Å². The molecule has 0 radical (unpaired) electrons. The number of nitrogens with zero attached hydrogens (tertiary/aromatic N) is 2. The third-order valence-corrected chi connectivity index (χ3v) is 4.23. The topological polar surface area (TPSA) is 43.8 Å². The van der Waals surface area contributed by atoms with E-state index in [1.165, 1.54) is 5.00 Å². The molecule has 0 unspecified atom stereocenters. The molecule has 1 N–H and O–H groups in total. The fourth-order valence-electron chi connectivity index (χ4n) is 2.25. The van der Waals surface area contributed by atoms with Gasteiger partial charge in [-0.15, -0.1) is 11.3 Å². The molecular formula is C13H20N2O2S. The Hall–Kier alpha value is -1.07. The van der Waals surface area contributed by atoms with Gasteiger partial charge in [0.05, 0.1) is 5.00 Å². The van der Waals surface area contributed by atoms with Crippen LogP contribution in [0.2, 0.25) is 0 Å². The lowest BCUT2D eigenvalue weighted by Gasteiger charge is -2.35. The van der Waals surface area contributed by atoms with E-state index in [1.54, 1.807) is 11.3 Å². The predicted octanol–water partition coefficient (Wildman–Crippen LogP) is 2.12. The lowest BCUT2D eigenvalue weighted by atomic mass is 10.2. The minimum atomic E-state index is -0.683. The average Bonchev–Trinajstić information content (AvgIpc) is 2.89. The first-order valence-electron chi connectivity index (χ1n) is 6.48. The number of carboxylic acid groups (broad SMARTS) is 1. The summed E-state index contributed by atoms with van der Waals surface area (Å²) in [6.45, 7) is 5.38. The van der Waals surface area contributed by atoms with Crippen LogP contribution in [0.1, 0.15) is 19.3 Å². The van der Waals surface area contributed by atoms with E-state index in [4.69, 9.17) is 5.11 Å². The second-order valence-corrected chi connectivity index (χ2v) is 5.56. The van der Waals surface area contributed by atoms with Gasteiger partial charge < -0.3 is 10.0 Å². The highest BCUT2D eigenvalue weighted by Gasteiger charge is 2.17. The van der Waals surface area contributed by atoms with E-state index >= 15 is 0 Å². The van der Waals surface area contributed by atoms with Gasteiger partial charge in [0.15, 0.2) is 0 Å². The molecule has 0 aliphatic carbocycles. The largest absolute Gasteiger partial charge is 0.481 e. The van der Waals surface area contributed by atoms with Gasteiger partial charge in [0.2, 0.25) is 0 Å². The molecule has 4 nitrogen and oxygen atoms in total. The van der Waals surface area contributed by atoms with Crippen molar-refractivity contribution in [1.82, 2.24) is 4.90 Å². The highest BCUT2D eigenvalue weighted by molar-refractivity contribution is 7.14. The first-order chi connectivity index (χ1) is 8.75. The fraction of sp³-hybridized carbons (Fsp3) is 0.615. The molecule has 1 saturated heterocycles. The Morgan fingerprint density at radius 3 is 2.67 bits per heavy atom. The van der Waals surface area contributed by atoms with E-state index < -0.39 is 5.97 Å². The van der Waals surface area contributed by atoms with Gasteiger partial charge in [-0.05, 0) is 36.9 Å². The Kier molecular flexibility index (Phi) is 5.01. The van der Waals surface area contributed by atoms with Crippen molar-refractivity contribution < 1.29 is 9.90 Å². The van der Waals surface area contributed by atoms with E-state index in [0.717, 1.165) is 45.6 Å². The minimum absolute atomic E-state index is 0.301. The van der Waals surface area contributed by atoms with Crippen LogP contribution in [0.25, 0.3) is 0 Å². The van der Waals surface area contributed by atoms with E-state index in [0.29, 0.717) is 6.42 Å². The summed E-state index contributed by atoms with van der Waals surface area (Å²) in [6.07, 6.45) is 2.08. The molecule has 0 bridgehead atoms. The summed E-state index contributed by atoms with van der Waals surface area (Å²) in [4.78, 5) is 15.3. The van der Waals surface area contributed by atoms with Gasteiger partial charge in [0.25, 0.3) is 0 Å². The second-order valence-electron chi connectivity index (χ2n) is 4.63. The number of carboxylic acids is 1. The zero-order valence-corrected chi connectivity index (χ0v) is 11.4. The molecule has 1 fully saturated rings. The number of hydrogen-bond donors (Lipinski definition) is 1. The number of unbranched alkanes of at least 4 members (excludes halogenated alkanes) is 1. The first-order valence-corrected chi connectivity index (χ1v) is 7.36. The van der Waals surface area contributed by atoms with Crippen molar-refractivity contribution in [1.29, 1.82) is 0 Å². The van der Waals surface area contributed by atoms with Gasteiger partial charge in [0.1, 0.15) is 0 Å². The van der Waals surface area contributed by atoms with Crippen LogP contribution in [0.3, 0.4) is 0 Å². The standard InChI is InChI=1S/C13H20N2O2S/c16-13(17)5-1-2-6-14-7-9-15(10-8-14)12-4-3-11-18-12/h3-4,11H,1-2,5-10H2,(H,16,17). The molecule has 1 aromatic heterocycles. The lowest BCUT2D eigenvalue weighted by Crippen LogP contribution is -2.46. The summed E-state index contributed by atoms with van der Waals surface area (Å²) >= 11 is 1.80. The Bertz CT molecular complexity index is 359. The summed E-state index contributed by atoms with van der Waals surface area (Å²) in [7, 11) is 0. The van der Waals surface area contributed by atoms with Crippen LogP contribution < -0.4 is 4.90 Å². The first kappa shape index (κ1) is 13.4. The average molecular weight is 268 g/mol. The van der Waals surface area contributed by atoms with Crippen LogP contribution >= 0.6 is 11.3 Å². The molecule has 100 valence electrons. The molecule has 0 amide bonds. The monoisotopic (exact) mass is 268 g/mol. The van der Waals surface area contributed by atoms with Crippen molar-refractivity contribution in [3.63, 3.8) is 0 Å². The van der Waals surface area contributed by atoms with E-state index in [1.807, 2.05) is 0 Å². The smallest absolute Gasteiger partial charge is 0.303 e. The quantitative estimate of drug-likeness (QED) is 0.803. The van der Waals surface area contributed by atoms with Gasteiger partial charge in [0, 0.05) is 32.6 Å². The number of thiophene rings is 1. The van der Waals surface area contributed by atoms with E-state index in [9.17, 15) is 4.79 Å². The zero-order valence-electron chi connectivity index (χ0n) is 10.5. The Morgan fingerprint density at radius 2 is 2.06 bits per heavy atom. The summed E-state index contributed by atoms with van der Waals surface area (Å²) in [5, 5.41) is 12.1. The number of aliphatic carboxylic acids is 1. The van der Waals surface area contributed by atoms with Crippen molar-refractivity contribution in [2.24, 2.45) is 0 Å². The molecule has 0 atom stereocenters. The third kappa shape index (κ3) is 3.99. The van der Waals surface area contributed by atoms with Crippen molar-refractivity contribution in [3.8, 4) is 0 Å². The predicted molar refractivity (Wildman–Crippen MR) is 74.5 cm³/mol. The molecule has 1 aliphatic rings. The van der Waals surface area contributed by atoms with Gasteiger partial charge in [-0.25, -0.2) is 0 Å². The van der Waals surface area contributed by atoms with Gasteiger partial charge in [-0.3, -0.25) is 9.69 Å². The van der Waals surface area contributed by atoms with Crippen molar-refractivity contribution >= 4 is 22.3 Å². The van der Waals surface area contributed by atoms with E-state index in [2.05, 4.69) is 27.3 Å². The fourth-order valence-corrected chi connectivity index (χ4v) is 3.04. The molecule has 0 aromatic carbocycles. The molecule has 2 rings (SSSR count). The maximum Gasteiger partial charge on any atom is 0.303 e. The van der Waals surface area contributed by atoms with Crippen LogP contribution in [-0.4, -0.2) is 48.7 Å². The van der Waals surface area contributed by atoms with Crippen LogP contribution in [0.5, 0.6) is 0 Å². The van der Waals surface area contributed by atoms with E-state index in [-0.39, 0.29) is 0 Å². The summed E-state index contributed by atoms with van der Waals surface area (Å²) in [6, 6.07) is 4.27. The second kappa shape index (κ2) is 6.75. The van der Waals surface area contributed by atoms with Gasteiger partial charge in [-0.2, -0.15) is 0 Å². The molecular weight excluding hydrogens is 248 g/mol. The third-order valence-electron chi connectivity index (χ3n) is 3.31. The number of hydrogen-bond acceptors (Lipinski definition) is 4. The van der Waals surface area contributed by atoms with Crippen LogP contribution in [0.15, 0.2) is 17.5 Å². The summed E-state index contributed by atoms with van der Waals surface area (Å²) in [5.41, 5.74) is 0. The SMILES string of the molecule is O=C(O)CCCCN1CCN(c2cccs2)CC1. The highest BCUT2D eigenvalue weighted by atomic mass is 32.1. The normalized spacial score (nSPS) is 17.0. The summed E-state index contributed by atoms with van der Waals surface area (Å²) < 4.78 is 0.